The normalized spacial score (nSPS) is 10.5. The van der Waals surface area contributed by atoms with Crippen LogP contribution in [0, 0.1) is 5.92 Å². The Morgan fingerprint density at radius 3 is 2.37 bits per heavy atom. The number of aliphatic carboxylic acids is 1. The molecule has 0 aliphatic rings. The summed E-state index contributed by atoms with van der Waals surface area (Å²) in [4.78, 5) is 40.4. The Morgan fingerprint density at radius 2 is 1.66 bits per heavy atom. The van der Waals surface area contributed by atoms with Crippen LogP contribution in [-0.4, -0.2) is 54.7 Å². The lowest BCUT2D eigenvalue weighted by atomic mass is 10.1. The molecule has 0 saturated carbocycles. The van der Waals surface area contributed by atoms with E-state index in [1.54, 1.807) is 54.4 Å². The van der Waals surface area contributed by atoms with Crippen molar-refractivity contribution in [3.05, 3.63) is 84.4 Å². The van der Waals surface area contributed by atoms with Crippen molar-refractivity contribution in [2.75, 3.05) is 41.9 Å². The molecule has 216 valence electrons. The zero-order valence-electron chi connectivity index (χ0n) is 23.5. The number of para-hydroxylation sites is 3. The summed E-state index contributed by atoms with van der Waals surface area (Å²) in [5.41, 5.74) is 2.57. The van der Waals surface area contributed by atoms with Gasteiger partial charge in [0.15, 0.2) is 11.7 Å². The number of benzene rings is 3. The van der Waals surface area contributed by atoms with Gasteiger partial charge in [0, 0.05) is 25.0 Å². The lowest BCUT2D eigenvalue weighted by Crippen LogP contribution is -2.42. The van der Waals surface area contributed by atoms with Crippen LogP contribution in [0.1, 0.15) is 25.8 Å². The molecule has 3 rings (SSSR count). The summed E-state index contributed by atoms with van der Waals surface area (Å²) in [5, 5.41) is 15.2. The van der Waals surface area contributed by atoms with Crippen molar-refractivity contribution in [2.45, 2.75) is 26.7 Å². The number of ether oxygens (including phenoxy) is 1. The smallest absolute Gasteiger partial charge is 0.307 e. The Kier molecular flexibility index (Phi) is 11.7. The Balaban J connectivity index is 1.67. The van der Waals surface area contributed by atoms with E-state index in [4.69, 9.17) is 22.1 Å². The Bertz CT molecular complexity index is 1350. The van der Waals surface area contributed by atoms with E-state index in [-0.39, 0.29) is 36.5 Å². The molecule has 0 saturated heterocycles. The molecule has 3 N–H and O–H groups in total. The van der Waals surface area contributed by atoms with E-state index in [2.05, 4.69) is 24.5 Å². The van der Waals surface area contributed by atoms with Gasteiger partial charge in [0.1, 0.15) is 5.75 Å². The van der Waals surface area contributed by atoms with Gasteiger partial charge in [-0.1, -0.05) is 56.3 Å². The predicted octanol–water partition coefficient (Wildman–Crippen LogP) is 4.72. The molecule has 0 spiro atoms. The number of hydrogen-bond acceptors (Lipinski definition) is 5. The zero-order chi connectivity index (χ0) is 29.8. The number of nitrogens with zero attached hydrogens (tertiary/aromatic N) is 2. The molecular weight excluding hydrogens is 540 g/mol. The average Bonchev–Trinajstić information content (AvgIpc) is 2.95. The molecule has 3 aromatic carbocycles. The maximum Gasteiger partial charge on any atom is 0.307 e. The van der Waals surface area contributed by atoms with Crippen LogP contribution in [-0.2, 0) is 20.8 Å². The first-order chi connectivity index (χ1) is 19.6. The quantitative estimate of drug-likeness (QED) is 0.251. The number of carbonyl (C=O) groups is 3. The number of likely N-dealkylation sites (N-methyl/N-ethyl adjacent to an activating group) is 1. The Labute approximate surface area is 246 Å². The van der Waals surface area contributed by atoms with E-state index in [1.165, 1.54) is 4.90 Å². The van der Waals surface area contributed by atoms with Crippen molar-refractivity contribution in [3.63, 3.8) is 0 Å². The van der Waals surface area contributed by atoms with E-state index >= 15 is 0 Å². The molecule has 41 heavy (non-hydrogen) atoms. The standard InChI is InChI=1S/C31H36N4O5S/c1-22(2)16-17-35(28(36)20-32-31(41)33-24-11-9-10-23(18-24)19-30(38)39)26-14-7-8-15-27(26)40-21-29(37)34(3)25-12-5-4-6-13-25/h4-15,18,22H,16-17,19-21H2,1-3H3,(H,38,39)(H2,32,33,41). The van der Waals surface area contributed by atoms with Crippen molar-refractivity contribution < 1.29 is 24.2 Å². The van der Waals surface area contributed by atoms with Crippen LogP contribution < -0.4 is 25.2 Å². The molecule has 0 unspecified atom stereocenters. The third-order valence-electron chi connectivity index (χ3n) is 6.20. The van der Waals surface area contributed by atoms with Crippen LogP contribution in [0.15, 0.2) is 78.9 Å². The number of hydrogen-bond donors (Lipinski definition) is 3. The number of carbonyl (C=O) groups excluding carboxylic acids is 2. The maximum absolute atomic E-state index is 13.5. The fourth-order valence-electron chi connectivity index (χ4n) is 3.96. The number of thiocarbonyl (C=S) groups is 1. The first-order valence-electron chi connectivity index (χ1n) is 13.3. The zero-order valence-corrected chi connectivity index (χ0v) is 24.3. The molecule has 3 aromatic rings. The Morgan fingerprint density at radius 1 is 0.951 bits per heavy atom. The molecule has 0 heterocycles. The van der Waals surface area contributed by atoms with Crippen molar-refractivity contribution in [1.29, 1.82) is 0 Å². The van der Waals surface area contributed by atoms with Crippen molar-refractivity contribution >= 4 is 52.2 Å². The van der Waals surface area contributed by atoms with Crippen LogP contribution >= 0.6 is 12.2 Å². The van der Waals surface area contributed by atoms with E-state index in [9.17, 15) is 14.4 Å². The second-order valence-corrected chi connectivity index (χ2v) is 10.3. The first-order valence-corrected chi connectivity index (χ1v) is 13.7. The van der Waals surface area contributed by atoms with Crippen LogP contribution in [0.25, 0.3) is 0 Å². The van der Waals surface area contributed by atoms with Crippen molar-refractivity contribution in [1.82, 2.24) is 5.32 Å². The van der Waals surface area contributed by atoms with Crippen molar-refractivity contribution in [2.24, 2.45) is 5.92 Å². The summed E-state index contributed by atoms with van der Waals surface area (Å²) in [6.45, 7) is 4.34. The van der Waals surface area contributed by atoms with E-state index < -0.39 is 5.97 Å². The summed E-state index contributed by atoms with van der Waals surface area (Å²) in [6.07, 6.45) is 0.656. The molecule has 0 radical (unpaired) electrons. The monoisotopic (exact) mass is 576 g/mol. The van der Waals surface area contributed by atoms with Crippen molar-refractivity contribution in [3.8, 4) is 5.75 Å². The SMILES string of the molecule is CC(C)CCN(C(=O)CNC(=S)Nc1cccc(CC(=O)O)c1)c1ccccc1OCC(=O)N(C)c1ccccc1. The number of nitrogens with one attached hydrogen (secondary N) is 2. The fourth-order valence-corrected chi connectivity index (χ4v) is 4.15. The lowest BCUT2D eigenvalue weighted by Gasteiger charge is -2.26. The van der Waals surface area contributed by atoms with E-state index in [1.807, 2.05) is 36.4 Å². The van der Waals surface area contributed by atoms with Gasteiger partial charge in [-0.2, -0.15) is 0 Å². The number of amides is 2. The van der Waals surface area contributed by atoms with E-state index in [0.717, 1.165) is 12.1 Å². The van der Waals surface area contributed by atoms with Crippen LogP contribution in [0.3, 0.4) is 0 Å². The highest BCUT2D eigenvalue weighted by Gasteiger charge is 2.21. The van der Waals surface area contributed by atoms with Crippen LogP contribution in [0.4, 0.5) is 17.1 Å². The second-order valence-electron chi connectivity index (χ2n) is 9.85. The van der Waals surface area contributed by atoms with Gasteiger partial charge in [-0.3, -0.25) is 14.4 Å². The van der Waals surface area contributed by atoms with Crippen LogP contribution in [0.2, 0.25) is 0 Å². The largest absolute Gasteiger partial charge is 0.482 e. The summed E-state index contributed by atoms with van der Waals surface area (Å²) in [5.74, 6) is -0.592. The van der Waals surface area contributed by atoms with Gasteiger partial charge in [-0.25, -0.2) is 0 Å². The van der Waals surface area contributed by atoms with Gasteiger partial charge in [-0.05, 0) is 66.5 Å². The molecule has 9 nitrogen and oxygen atoms in total. The number of anilines is 3. The fraction of sp³-hybridized carbons (Fsp3) is 0.290. The predicted molar refractivity (Wildman–Crippen MR) is 166 cm³/mol. The molecule has 2 amide bonds. The summed E-state index contributed by atoms with van der Waals surface area (Å²) >= 11 is 5.38. The minimum absolute atomic E-state index is 0.0806. The molecule has 0 aromatic heterocycles. The molecule has 0 bridgehead atoms. The first kappa shape index (κ1) is 31.1. The number of rotatable bonds is 13. The van der Waals surface area contributed by atoms with E-state index in [0.29, 0.717) is 35.2 Å². The molecular formula is C31H36N4O5S. The lowest BCUT2D eigenvalue weighted by molar-refractivity contribution is -0.136. The minimum Gasteiger partial charge on any atom is -0.482 e. The third-order valence-corrected chi connectivity index (χ3v) is 6.44. The summed E-state index contributed by atoms with van der Waals surface area (Å²) in [6, 6.07) is 23.4. The van der Waals surface area contributed by atoms with Gasteiger partial charge in [-0.15, -0.1) is 0 Å². The maximum atomic E-state index is 13.5. The number of carboxylic acids is 1. The molecule has 0 aliphatic carbocycles. The highest BCUT2D eigenvalue weighted by Crippen LogP contribution is 2.29. The second kappa shape index (κ2) is 15.4. The average molecular weight is 577 g/mol. The van der Waals surface area contributed by atoms with Gasteiger partial charge >= 0.3 is 5.97 Å². The van der Waals surface area contributed by atoms with Gasteiger partial charge in [0.05, 0.1) is 18.7 Å². The molecule has 0 atom stereocenters. The topological polar surface area (TPSA) is 111 Å². The highest BCUT2D eigenvalue weighted by atomic mass is 32.1. The minimum atomic E-state index is -0.924. The van der Waals surface area contributed by atoms with Crippen LogP contribution in [0.5, 0.6) is 5.75 Å². The summed E-state index contributed by atoms with van der Waals surface area (Å²) < 4.78 is 5.94. The molecule has 0 fully saturated rings. The number of carboxylic acid groups (broad SMARTS) is 1. The van der Waals surface area contributed by atoms with Gasteiger partial charge in [0.25, 0.3) is 5.91 Å². The highest BCUT2D eigenvalue weighted by molar-refractivity contribution is 7.80. The Hall–Kier alpha value is -4.44. The third kappa shape index (κ3) is 9.91. The van der Waals surface area contributed by atoms with Gasteiger partial charge in [0.2, 0.25) is 5.91 Å². The molecule has 0 aliphatic heterocycles. The molecule has 10 heteroatoms. The summed E-state index contributed by atoms with van der Waals surface area (Å²) in [7, 11) is 1.69. The van der Waals surface area contributed by atoms with Gasteiger partial charge < -0.3 is 30.3 Å².